The van der Waals surface area contributed by atoms with E-state index in [9.17, 15) is 39.0 Å². The summed E-state index contributed by atoms with van der Waals surface area (Å²) in [6.45, 7) is 0. The monoisotopic (exact) mass is 566 g/mol. The number of fused-ring (bicyclic) bond motifs is 3. The molecule has 0 saturated heterocycles. The van der Waals surface area contributed by atoms with E-state index >= 15 is 4.39 Å². The van der Waals surface area contributed by atoms with Crippen molar-refractivity contribution >= 4 is 35.3 Å². The summed E-state index contributed by atoms with van der Waals surface area (Å²) < 4.78 is 20.5. The average molecular weight is 567 g/mol. The van der Waals surface area contributed by atoms with E-state index in [4.69, 9.17) is 10.5 Å². The fourth-order valence-corrected chi connectivity index (χ4v) is 6.89. The summed E-state index contributed by atoms with van der Waals surface area (Å²) in [5, 5.41) is 22.3. The number of primary amides is 1. The van der Waals surface area contributed by atoms with Gasteiger partial charge in [-0.25, -0.2) is 4.39 Å². The van der Waals surface area contributed by atoms with Crippen LogP contribution in [0.2, 0.25) is 0 Å². The molecule has 12 heteroatoms. The van der Waals surface area contributed by atoms with E-state index in [0.29, 0.717) is 6.29 Å². The highest BCUT2D eigenvalue weighted by Crippen LogP contribution is 2.52. The highest BCUT2D eigenvalue weighted by atomic mass is 19.1. The van der Waals surface area contributed by atoms with E-state index in [1.165, 1.54) is 44.3 Å². The van der Waals surface area contributed by atoms with Crippen molar-refractivity contribution in [2.24, 2.45) is 29.4 Å². The number of methoxy groups -OCH3 is 1. The number of likely N-dealkylation sites (N-methyl/N-ethyl adjacent to an activating group) is 1. The first-order chi connectivity index (χ1) is 19.3. The molecule has 6 unspecified atom stereocenters. The van der Waals surface area contributed by atoms with Gasteiger partial charge in [0.2, 0.25) is 5.91 Å². The van der Waals surface area contributed by atoms with Crippen molar-refractivity contribution in [2.45, 2.75) is 24.5 Å². The van der Waals surface area contributed by atoms with Gasteiger partial charge in [-0.1, -0.05) is 0 Å². The van der Waals surface area contributed by atoms with Crippen molar-refractivity contribution < 1.29 is 48.1 Å². The minimum absolute atomic E-state index is 0.0799. The quantitative estimate of drug-likeness (QED) is 0.340. The number of aromatic hydroxyl groups is 1. The van der Waals surface area contributed by atoms with E-state index in [2.05, 4.69) is 0 Å². The molecular weight excluding hydrogens is 539 g/mol. The molecule has 4 N–H and O–H groups in total. The van der Waals surface area contributed by atoms with Crippen molar-refractivity contribution in [1.29, 1.82) is 0 Å². The van der Waals surface area contributed by atoms with Crippen LogP contribution in [0.3, 0.4) is 0 Å². The van der Waals surface area contributed by atoms with Crippen molar-refractivity contribution in [3.8, 4) is 22.6 Å². The van der Waals surface area contributed by atoms with Crippen molar-refractivity contribution in [3.05, 3.63) is 46.8 Å². The van der Waals surface area contributed by atoms with Gasteiger partial charge < -0.3 is 20.7 Å². The van der Waals surface area contributed by atoms with Gasteiger partial charge in [-0.15, -0.1) is 0 Å². The Hall–Kier alpha value is -4.29. The number of phenolic OH excluding ortho intramolecular Hbond substituents is 1. The second-order valence-electron chi connectivity index (χ2n) is 11.0. The molecular formula is C29H27FN2O9. The smallest absolute Gasteiger partial charge is 0.235 e. The molecule has 2 fully saturated rings. The predicted octanol–water partition coefficient (Wildman–Crippen LogP) is 0.494. The Morgan fingerprint density at radius 2 is 1.83 bits per heavy atom. The number of aliphatic hydroxyl groups is 1. The number of hydrogen-bond donors (Lipinski definition) is 3. The maximum Gasteiger partial charge on any atom is 0.235 e. The fraction of sp³-hybridized carbons (Fsp3) is 0.379. The minimum Gasteiger partial charge on any atom is -0.504 e. The zero-order chi connectivity index (χ0) is 30.1. The van der Waals surface area contributed by atoms with Crippen LogP contribution in [-0.4, -0.2) is 83.3 Å². The number of aldehydes is 1. The molecule has 6 atom stereocenters. The van der Waals surface area contributed by atoms with Crippen molar-refractivity contribution in [2.75, 3.05) is 21.2 Å². The maximum atomic E-state index is 15.1. The van der Waals surface area contributed by atoms with Gasteiger partial charge in [-0.05, 0) is 68.2 Å². The highest BCUT2D eigenvalue weighted by Gasteiger charge is 2.69. The predicted molar refractivity (Wildman–Crippen MR) is 139 cm³/mol. The normalized spacial score (nSPS) is 29.1. The van der Waals surface area contributed by atoms with Crippen LogP contribution >= 0.6 is 0 Å². The van der Waals surface area contributed by atoms with Crippen LogP contribution in [0.25, 0.3) is 11.1 Å². The SMILES string of the molecule is COc1ccc(C=O)cc1-c1cc(F)c(O)c2c1CC1CC3C(N(C)C)C(=O)C(C(N)=O)C(=O)C3(O)C(=O)C1C2=O. The number of amides is 1. The Bertz CT molecular complexity index is 1570. The van der Waals surface area contributed by atoms with E-state index in [0.717, 1.165) is 6.07 Å². The summed E-state index contributed by atoms with van der Waals surface area (Å²) in [4.78, 5) is 79.4. The van der Waals surface area contributed by atoms with E-state index in [1.807, 2.05) is 0 Å². The van der Waals surface area contributed by atoms with Crippen molar-refractivity contribution in [1.82, 2.24) is 4.90 Å². The van der Waals surface area contributed by atoms with Gasteiger partial charge >= 0.3 is 0 Å². The number of ether oxygens (including phenoxy) is 1. The third-order valence-corrected chi connectivity index (χ3v) is 8.66. The van der Waals surface area contributed by atoms with Gasteiger partial charge in [0, 0.05) is 17.0 Å². The number of carbonyl (C=O) groups is 6. The first-order valence-electron chi connectivity index (χ1n) is 12.8. The van der Waals surface area contributed by atoms with Crippen LogP contribution in [0.4, 0.5) is 4.39 Å². The molecule has 41 heavy (non-hydrogen) atoms. The number of Topliss-reactive ketones (excluding diaryl/α,β-unsaturated/α-hetero) is 4. The molecule has 0 aromatic heterocycles. The average Bonchev–Trinajstić information content (AvgIpc) is 2.91. The Morgan fingerprint density at radius 1 is 1.15 bits per heavy atom. The Morgan fingerprint density at radius 3 is 2.41 bits per heavy atom. The van der Waals surface area contributed by atoms with E-state index < -0.39 is 81.5 Å². The molecule has 3 aliphatic rings. The van der Waals surface area contributed by atoms with Crippen molar-refractivity contribution in [3.63, 3.8) is 0 Å². The van der Waals surface area contributed by atoms with Gasteiger partial charge in [-0.3, -0.25) is 33.7 Å². The molecule has 3 aliphatic carbocycles. The number of nitrogens with zero attached hydrogens (tertiary/aromatic N) is 1. The lowest BCUT2D eigenvalue weighted by Crippen LogP contribution is -2.74. The molecule has 11 nitrogen and oxygen atoms in total. The second-order valence-corrected chi connectivity index (χ2v) is 11.0. The summed E-state index contributed by atoms with van der Waals surface area (Å²) in [5.41, 5.74) is 2.75. The second kappa shape index (κ2) is 9.67. The molecule has 0 bridgehead atoms. The van der Waals surface area contributed by atoms with Crippen LogP contribution in [0.1, 0.15) is 32.7 Å². The summed E-state index contributed by atoms with van der Waals surface area (Å²) in [5.74, 6) is -13.7. The summed E-state index contributed by atoms with van der Waals surface area (Å²) in [6.07, 6.45) is 0.336. The van der Waals surface area contributed by atoms with E-state index in [1.54, 1.807) is 0 Å². The lowest BCUT2D eigenvalue weighted by molar-refractivity contribution is -0.181. The molecule has 0 spiro atoms. The van der Waals surface area contributed by atoms with Gasteiger partial charge in [0.1, 0.15) is 12.0 Å². The molecule has 1 amide bonds. The number of rotatable bonds is 5. The Balaban J connectivity index is 1.71. The topological polar surface area (TPSA) is 181 Å². The largest absolute Gasteiger partial charge is 0.504 e. The molecule has 2 saturated carbocycles. The molecule has 214 valence electrons. The molecule has 0 radical (unpaired) electrons. The number of phenols is 1. The van der Waals surface area contributed by atoms with Gasteiger partial charge in [0.05, 0.1) is 24.6 Å². The highest BCUT2D eigenvalue weighted by molar-refractivity contribution is 6.32. The van der Waals surface area contributed by atoms with Gasteiger partial charge in [-0.2, -0.15) is 0 Å². The Kier molecular flexibility index (Phi) is 6.66. The minimum atomic E-state index is -2.88. The standard InChI is InChI=1S/C29H27FN2O9/c1-32(2)22-16-8-12-7-15-13(14-6-11(10-33)4-5-18(14)41-3)9-17(30)23(34)20(15)24(35)19(12)26(37)29(16,40)27(38)21(25(22)36)28(31)39/h4-6,9-10,12,16,19,21-22,34,40H,7-8H2,1-3H3,(H2,31,39). The number of halogens is 1. The number of ketones is 4. The molecule has 2 aromatic rings. The lowest BCUT2D eigenvalue weighted by atomic mass is 9.52. The van der Waals surface area contributed by atoms with Crippen LogP contribution in [-0.2, 0) is 25.6 Å². The number of nitrogens with two attached hydrogens (primary N) is 1. The van der Waals surface area contributed by atoms with Crippen LogP contribution in [0, 0.1) is 29.5 Å². The summed E-state index contributed by atoms with van der Waals surface area (Å²) in [7, 11) is 4.34. The van der Waals surface area contributed by atoms with Crippen LogP contribution in [0.15, 0.2) is 24.3 Å². The zero-order valence-electron chi connectivity index (χ0n) is 22.3. The third kappa shape index (κ3) is 3.85. The van der Waals surface area contributed by atoms with Crippen LogP contribution in [0.5, 0.6) is 11.5 Å². The third-order valence-electron chi connectivity index (χ3n) is 8.66. The maximum absolute atomic E-state index is 15.1. The number of benzene rings is 2. The Labute approximate surface area is 233 Å². The zero-order valence-corrected chi connectivity index (χ0v) is 22.3. The molecule has 5 rings (SSSR count). The number of hydrogen-bond acceptors (Lipinski definition) is 10. The molecule has 0 aliphatic heterocycles. The number of carbonyl (C=O) groups excluding carboxylic acids is 6. The molecule has 2 aromatic carbocycles. The summed E-state index contributed by atoms with van der Waals surface area (Å²) in [6, 6.07) is 4.16. The summed E-state index contributed by atoms with van der Waals surface area (Å²) >= 11 is 0. The first kappa shape index (κ1) is 28.2. The molecule has 0 heterocycles. The lowest BCUT2D eigenvalue weighted by Gasteiger charge is -2.52. The van der Waals surface area contributed by atoms with Gasteiger partial charge in [0.25, 0.3) is 0 Å². The first-order valence-corrected chi connectivity index (χ1v) is 12.8. The van der Waals surface area contributed by atoms with Gasteiger partial charge in [0.15, 0.2) is 46.2 Å². The fourth-order valence-electron chi connectivity index (χ4n) is 6.89. The van der Waals surface area contributed by atoms with Crippen LogP contribution < -0.4 is 10.5 Å². The van der Waals surface area contributed by atoms with E-state index in [-0.39, 0.29) is 40.8 Å².